The van der Waals surface area contributed by atoms with Crippen LogP contribution >= 0.6 is 0 Å². The normalized spacial score (nSPS) is 18.2. The summed E-state index contributed by atoms with van der Waals surface area (Å²) >= 11 is 0. The van der Waals surface area contributed by atoms with Crippen molar-refractivity contribution in [3.63, 3.8) is 0 Å². The molecule has 28 heavy (non-hydrogen) atoms. The van der Waals surface area contributed by atoms with Gasteiger partial charge in [-0.05, 0) is 43.2 Å². The van der Waals surface area contributed by atoms with Gasteiger partial charge in [0.15, 0.2) is 11.6 Å². The van der Waals surface area contributed by atoms with Crippen molar-refractivity contribution in [3.8, 4) is 11.5 Å². The molecule has 1 atom stereocenters. The zero-order valence-electron chi connectivity index (χ0n) is 16.4. The third kappa shape index (κ3) is 3.78. The Labute approximate surface area is 164 Å². The SMILES string of the molecule is CCCCN1C(=O)[C@@](C)(C(=O)NCc2ccc(OC)cc2)Oc2cccnc21. The van der Waals surface area contributed by atoms with E-state index in [0.717, 1.165) is 24.2 Å². The number of unbranched alkanes of at least 4 members (excludes halogenated alkanes) is 1. The van der Waals surface area contributed by atoms with Gasteiger partial charge in [-0.2, -0.15) is 0 Å². The maximum Gasteiger partial charge on any atom is 0.282 e. The monoisotopic (exact) mass is 383 g/mol. The van der Waals surface area contributed by atoms with Gasteiger partial charge in [-0.25, -0.2) is 4.98 Å². The number of aromatic nitrogens is 1. The molecule has 7 nitrogen and oxygen atoms in total. The van der Waals surface area contributed by atoms with Crippen molar-refractivity contribution in [1.82, 2.24) is 10.3 Å². The zero-order valence-corrected chi connectivity index (χ0v) is 16.4. The molecule has 148 valence electrons. The second kappa shape index (κ2) is 8.29. The van der Waals surface area contributed by atoms with Crippen LogP contribution < -0.4 is 19.7 Å². The smallest absolute Gasteiger partial charge is 0.282 e. The van der Waals surface area contributed by atoms with Gasteiger partial charge in [0, 0.05) is 19.3 Å². The number of carbonyl (C=O) groups excluding carboxylic acids is 2. The van der Waals surface area contributed by atoms with Crippen LogP contribution in [-0.4, -0.2) is 36.1 Å². The van der Waals surface area contributed by atoms with Crippen LogP contribution in [0.15, 0.2) is 42.6 Å². The van der Waals surface area contributed by atoms with Gasteiger partial charge in [-0.15, -0.1) is 0 Å². The quantitative estimate of drug-likeness (QED) is 0.744. The molecule has 2 amide bonds. The number of anilines is 1. The van der Waals surface area contributed by atoms with Gasteiger partial charge in [0.05, 0.1) is 7.11 Å². The van der Waals surface area contributed by atoms with E-state index in [4.69, 9.17) is 9.47 Å². The van der Waals surface area contributed by atoms with Crippen LogP contribution in [0.1, 0.15) is 32.3 Å². The average molecular weight is 383 g/mol. The molecule has 1 aromatic carbocycles. The molecule has 1 aliphatic rings. The average Bonchev–Trinajstić information content (AvgIpc) is 2.72. The molecule has 0 spiro atoms. The summed E-state index contributed by atoms with van der Waals surface area (Å²) in [7, 11) is 1.60. The highest BCUT2D eigenvalue weighted by molar-refractivity contribution is 6.16. The van der Waals surface area contributed by atoms with Crippen LogP contribution in [0.2, 0.25) is 0 Å². The van der Waals surface area contributed by atoms with Crippen LogP contribution in [0.4, 0.5) is 5.82 Å². The largest absolute Gasteiger partial charge is 0.497 e. The summed E-state index contributed by atoms with van der Waals surface area (Å²) in [6.07, 6.45) is 3.35. The summed E-state index contributed by atoms with van der Waals surface area (Å²) in [6, 6.07) is 10.8. The fourth-order valence-electron chi connectivity index (χ4n) is 3.04. The molecule has 2 aromatic rings. The summed E-state index contributed by atoms with van der Waals surface area (Å²) in [5.74, 6) is 0.744. The standard InChI is InChI=1S/C21H25N3O4/c1-4-5-13-24-18-17(7-6-12-22-18)28-21(2,20(24)26)19(25)23-14-15-8-10-16(27-3)11-9-15/h6-12H,4-5,13-14H2,1-3H3,(H,23,25)/t21-/m1/s1. The van der Waals surface area contributed by atoms with Gasteiger partial charge in [-0.3, -0.25) is 14.5 Å². The summed E-state index contributed by atoms with van der Waals surface area (Å²) < 4.78 is 11.0. The molecular formula is C21H25N3O4. The first-order valence-corrected chi connectivity index (χ1v) is 9.37. The van der Waals surface area contributed by atoms with E-state index in [-0.39, 0.29) is 6.54 Å². The third-order valence-electron chi connectivity index (χ3n) is 4.75. The van der Waals surface area contributed by atoms with Crippen molar-refractivity contribution in [3.05, 3.63) is 48.2 Å². The molecule has 0 radical (unpaired) electrons. The fraction of sp³-hybridized carbons (Fsp3) is 0.381. The highest BCUT2D eigenvalue weighted by Gasteiger charge is 2.50. The molecule has 2 heterocycles. The maximum absolute atomic E-state index is 13.1. The van der Waals surface area contributed by atoms with E-state index in [1.54, 1.807) is 30.3 Å². The maximum atomic E-state index is 13.1. The number of rotatable bonds is 7. The van der Waals surface area contributed by atoms with Crippen LogP contribution in [0.5, 0.6) is 11.5 Å². The second-order valence-corrected chi connectivity index (χ2v) is 6.80. The number of benzene rings is 1. The van der Waals surface area contributed by atoms with Gasteiger partial charge in [-0.1, -0.05) is 25.5 Å². The molecule has 0 aliphatic carbocycles. The van der Waals surface area contributed by atoms with Crippen molar-refractivity contribution < 1.29 is 19.1 Å². The van der Waals surface area contributed by atoms with Crippen molar-refractivity contribution in [2.75, 3.05) is 18.6 Å². The first-order valence-electron chi connectivity index (χ1n) is 9.37. The summed E-state index contributed by atoms with van der Waals surface area (Å²) in [6.45, 7) is 4.33. The Balaban J connectivity index is 1.78. The lowest BCUT2D eigenvalue weighted by Gasteiger charge is -2.38. The molecule has 3 rings (SSSR count). The lowest BCUT2D eigenvalue weighted by atomic mass is 10.0. The van der Waals surface area contributed by atoms with E-state index in [9.17, 15) is 9.59 Å². The molecule has 1 N–H and O–H groups in total. The van der Waals surface area contributed by atoms with Gasteiger partial charge in [0.2, 0.25) is 0 Å². The van der Waals surface area contributed by atoms with E-state index < -0.39 is 17.4 Å². The van der Waals surface area contributed by atoms with Gasteiger partial charge >= 0.3 is 0 Å². The third-order valence-corrected chi connectivity index (χ3v) is 4.75. The molecule has 7 heteroatoms. The number of hydrogen-bond acceptors (Lipinski definition) is 5. The first kappa shape index (κ1) is 19.7. The van der Waals surface area contributed by atoms with Crippen LogP contribution in [-0.2, 0) is 16.1 Å². The van der Waals surface area contributed by atoms with E-state index >= 15 is 0 Å². The molecule has 0 fully saturated rings. The summed E-state index contributed by atoms with van der Waals surface area (Å²) in [5, 5.41) is 2.81. The number of nitrogens with zero attached hydrogens (tertiary/aromatic N) is 2. The molecule has 1 aliphatic heterocycles. The summed E-state index contributed by atoms with van der Waals surface area (Å²) in [5.41, 5.74) is -0.748. The Kier molecular flexibility index (Phi) is 5.82. The molecule has 0 bridgehead atoms. The Morgan fingerprint density at radius 1 is 1.29 bits per heavy atom. The number of fused-ring (bicyclic) bond motifs is 1. The lowest BCUT2D eigenvalue weighted by molar-refractivity contribution is -0.148. The predicted octanol–water partition coefficient (Wildman–Crippen LogP) is 2.69. The molecule has 0 unspecified atom stereocenters. The minimum atomic E-state index is -1.64. The number of methoxy groups -OCH3 is 1. The highest BCUT2D eigenvalue weighted by Crippen LogP contribution is 2.36. The van der Waals surface area contributed by atoms with E-state index in [2.05, 4.69) is 10.3 Å². The van der Waals surface area contributed by atoms with Crippen LogP contribution in [0.25, 0.3) is 0 Å². The molecular weight excluding hydrogens is 358 g/mol. The number of nitrogens with one attached hydrogen (secondary N) is 1. The van der Waals surface area contributed by atoms with Crippen molar-refractivity contribution in [2.45, 2.75) is 38.8 Å². The Morgan fingerprint density at radius 2 is 2.04 bits per heavy atom. The van der Waals surface area contributed by atoms with Crippen LogP contribution in [0, 0.1) is 0 Å². The number of pyridine rings is 1. The minimum Gasteiger partial charge on any atom is -0.497 e. The van der Waals surface area contributed by atoms with E-state index in [0.29, 0.717) is 18.1 Å². The highest BCUT2D eigenvalue weighted by atomic mass is 16.5. The summed E-state index contributed by atoms with van der Waals surface area (Å²) in [4.78, 5) is 31.9. The van der Waals surface area contributed by atoms with Crippen molar-refractivity contribution in [1.29, 1.82) is 0 Å². The first-order chi connectivity index (χ1) is 13.5. The number of hydrogen-bond donors (Lipinski definition) is 1. The minimum absolute atomic E-state index is 0.282. The van der Waals surface area contributed by atoms with E-state index in [1.165, 1.54) is 6.92 Å². The van der Waals surface area contributed by atoms with E-state index in [1.807, 2.05) is 31.2 Å². The Bertz CT molecular complexity index is 853. The lowest BCUT2D eigenvalue weighted by Crippen LogP contribution is -2.62. The molecule has 0 saturated carbocycles. The van der Waals surface area contributed by atoms with Gasteiger partial charge < -0.3 is 14.8 Å². The molecule has 1 aromatic heterocycles. The second-order valence-electron chi connectivity index (χ2n) is 6.80. The zero-order chi connectivity index (χ0) is 20.1. The number of amides is 2. The fourth-order valence-corrected chi connectivity index (χ4v) is 3.04. The number of carbonyl (C=O) groups is 2. The van der Waals surface area contributed by atoms with Gasteiger partial charge in [0.1, 0.15) is 5.75 Å². The van der Waals surface area contributed by atoms with Crippen molar-refractivity contribution in [2.24, 2.45) is 0 Å². The topological polar surface area (TPSA) is 80.8 Å². The molecule has 0 saturated heterocycles. The Morgan fingerprint density at radius 3 is 2.71 bits per heavy atom. The van der Waals surface area contributed by atoms with Gasteiger partial charge in [0.25, 0.3) is 17.4 Å². The van der Waals surface area contributed by atoms with Crippen molar-refractivity contribution >= 4 is 17.6 Å². The number of ether oxygens (including phenoxy) is 2. The van der Waals surface area contributed by atoms with Crippen LogP contribution in [0.3, 0.4) is 0 Å². The predicted molar refractivity (Wildman–Crippen MR) is 105 cm³/mol. The Hall–Kier alpha value is -3.09.